The van der Waals surface area contributed by atoms with Crippen LogP contribution in [0.4, 0.5) is 0 Å². The fourth-order valence-electron chi connectivity index (χ4n) is 9.32. The van der Waals surface area contributed by atoms with E-state index in [1.807, 2.05) is 6.07 Å². The van der Waals surface area contributed by atoms with Crippen molar-refractivity contribution in [2.75, 3.05) is 33.0 Å². The Labute approximate surface area is 419 Å². The molecule has 0 aromatic heterocycles. The SMILES string of the molecule is [B]OC1[C@@H](OCCCC)[C@@H](OCCCC)C(COCCc2ccc(CCN=[N+]=[N-])cc2)O[C@@H]1CC[C@H](NC(=O)CCCCCCc1ccccc1)[C@H](O)[C@H](O)CCCCCCCCCCCCCC. The van der Waals surface area contributed by atoms with Crippen molar-refractivity contribution in [3.63, 3.8) is 0 Å². The Balaban J connectivity index is 1.67. The van der Waals surface area contributed by atoms with Gasteiger partial charge in [0.1, 0.15) is 18.3 Å². The number of rotatable bonds is 43. The smallest absolute Gasteiger partial charge is 0.283 e. The van der Waals surface area contributed by atoms with Gasteiger partial charge in [-0.1, -0.05) is 183 Å². The van der Waals surface area contributed by atoms with Crippen LogP contribution in [0.3, 0.4) is 0 Å². The van der Waals surface area contributed by atoms with E-state index in [4.69, 9.17) is 37.2 Å². The molecule has 12 nitrogen and oxygen atoms in total. The molecule has 69 heavy (non-hydrogen) atoms. The molecule has 8 atom stereocenters. The zero-order valence-electron chi connectivity index (χ0n) is 43.2. The molecule has 2 unspecified atom stereocenters. The Morgan fingerprint density at radius 3 is 1.86 bits per heavy atom. The lowest BCUT2D eigenvalue weighted by Crippen LogP contribution is -2.61. The van der Waals surface area contributed by atoms with Gasteiger partial charge in [-0.3, -0.25) is 4.79 Å². The van der Waals surface area contributed by atoms with Crippen LogP contribution in [-0.2, 0) is 47.7 Å². The minimum atomic E-state index is -1.16. The Hall–Kier alpha value is -3.00. The van der Waals surface area contributed by atoms with Crippen LogP contribution in [0.1, 0.15) is 192 Å². The van der Waals surface area contributed by atoms with E-state index in [2.05, 4.69) is 84.6 Å². The molecule has 0 aliphatic carbocycles. The molecule has 0 saturated carbocycles. The summed E-state index contributed by atoms with van der Waals surface area (Å²) in [5.41, 5.74) is 12.2. The zero-order valence-corrected chi connectivity index (χ0v) is 43.2. The second-order valence-corrected chi connectivity index (χ2v) is 19.4. The number of unbranched alkanes of at least 4 members (excludes halogenated alkanes) is 16. The highest BCUT2D eigenvalue weighted by Crippen LogP contribution is 2.32. The number of hydrogen-bond acceptors (Lipinski definition) is 9. The molecule has 2 radical (unpaired) electrons. The molecule has 1 aliphatic rings. The van der Waals surface area contributed by atoms with Crippen molar-refractivity contribution in [3.8, 4) is 0 Å². The first-order valence-electron chi connectivity index (χ1n) is 27.4. The molecule has 1 heterocycles. The summed E-state index contributed by atoms with van der Waals surface area (Å²) < 4.78 is 32.0. The van der Waals surface area contributed by atoms with E-state index >= 15 is 0 Å². The maximum absolute atomic E-state index is 13.6. The molecule has 0 spiro atoms. The number of aliphatic hydroxyl groups excluding tert-OH is 2. The number of nitrogens with one attached hydrogen (secondary N) is 1. The van der Waals surface area contributed by atoms with Gasteiger partial charge in [-0.15, -0.1) is 0 Å². The first-order chi connectivity index (χ1) is 33.8. The summed E-state index contributed by atoms with van der Waals surface area (Å²) in [6, 6.07) is 18.0. The molecule has 1 saturated heterocycles. The quantitative estimate of drug-likeness (QED) is 0.0194. The number of hydrogen-bond donors (Lipinski definition) is 3. The summed E-state index contributed by atoms with van der Waals surface area (Å²) in [5, 5.41) is 30.0. The summed E-state index contributed by atoms with van der Waals surface area (Å²) >= 11 is 0. The van der Waals surface area contributed by atoms with E-state index in [1.165, 1.54) is 63.4 Å². The highest BCUT2D eigenvalue weighted by Gasteiger charge is 2.47. The third kappa shape index (κ3) is 26.3. The zero-order chi connectivity index (χ0) is 49.6. The lowest BCUT2D eigenvalue weighted by Gasteiger charge is -2.46. The second-order valence-electron chi connectivity index (χ2n) is 19.4. The molecule has 2 aromatic carbocycles. The molecular weight excluding hydrogens is 867 g/mol. The van der Waals surface area contributed by atoms with Gasteiger partial charge in [-0.2, -0.15) is 0 Å². The van der Waals surface area contributed by atoms with E-state index in [9.17, 15) is 15.0 Å². The van der Waals surface area contributed by atoms with E-state index in [0.717, 1.165) is 88.2 Å². The second kappa shape index (κ2) is 39.6. The molecule has 1 amide bonds. The van der Waals surface area contributed by atoms with Crippen LogP contribution in [0.5, 0.6) is 0 Å². The third-order valence-electron chi connectivity index (χ3n) is 13.6. The Morgan fingerprint density at radius 2 is 1.23 bits per heavy atom. The highest BCUT2D eigenvalue weighted by atomic mass is 16.6. The molecular formula is C56H93BN4O8. The number of aryl methyl sites for hydroxylation is 1. The molecule has 1 aliphatic heterocycles. The molecule has 3 rings (SSSR count). The predicted molar refractivity (Wildman–Crippen MR) is 279 cm³/mol. The standard InChI is InChI=1S/C56H93BN4O8/c1-4-7-10-11-12-13-14-15-16-17-18-25-30-49(62)53(64)48(60-52(63)31-26-20-19-22-27-45-28-23-21-24-29-45)36-37-50-55(69-57)56(67-42-9-6-3)54(66-41-8-5-2)51(68-50)44-65-43-39-47-34-32-46(33-35-47)38-40-59-61-58/h21,23-24,28-29,32-35,48-51,53-56,62,64H,4-20,22,25-27,30-31,36-44H2,1-3H3,(H,60,63)/t48-,49+,50+,51?,53-,54-,55?,56-/m0/s1. The summed E-state index contributed by atoms with van der Waals surface area (Å²) in [4.78, 5) is 16.4. The van der Waals surface area contributed by atoms with Crippen molar-refractivity contribution in [3.05, 3.63) is 81.7 Å². The van der Waals surface area contributed by atoms with Crippen molar-refractivity contribution in [2.24, 2.45) is 5.11 Å². The molecule has 2 aromatic rings. The van der Waals surface area contributed by atoms with Gasteiger partial charge in [-0.25, -0.2) is 0 Å². The number of ether oxygens (including phenoxy) is 4. The predicted octanol–water partition coefficient (Wildman–Crippen LogP) is 12.0. The largest absolute Gasteiger partial charge is 0.440 e. The summed E-state index contributed by atoms with van der Waals surface area (Å²) in [7, 11) is 6.11. The van der Waals surface area contributed by atoms with Crippen molar-refractivity contribution in [1.29, 1.82) is 0 Å². The topological polar surface area (TPSA) is 164 Å². The fourth-order valence-corrected chi connectivity index (χ4v) is 9.32. The van der Waals surface area contributed by atoms with Crippen LogP contribution in [0.15, 0.2) is 59.7 Å². The van der Waals surface area contributed by atoms with E-state index in [1.54, 1.807) is 0 Å². The first-order valence-corrected chi connectivity index (χ1v) is 27.4. The maximum atomic E-state index is 13.6. The van der Waals surface area contributed by atoms with Gasteiger partial charge in [0.2, 0.25) is 5.91 Å². The number of aliphatic hydroxyl groups is 2. The molecule has 13 heteroatoms. The van der Waals surface area contributed by atoms with Gasteiger partial charge in [0, 0.05) is 31.1 Å². The van der Waals surface area contributed by atoms with E-state index in [0.29, 0.717) is 64.9 Å². The number of benzene rings is 2. The normalized spacial score (nSPS) is 19.5. The average molecular weight is 961 g/mol. The van der Waals surface area contributed by atoms with Gasteiger partial charge >= 0.3 is 0 Å². The van der Waals surface area contributed by atoms with E-state index in [-0.39, 0.29) is 12.5 Å². The van der Waals surface area contributed by atoms with Gasteiger partial charge in [0.05, 0.1) is 43.7 Å². The Morgan fingerprint density at radius 1 is 0.667 bits per heavy atom. The summed E-state index contributed by atoms with van der Waals surface area (Å²) in [6.45, 7) is 8.67. The van der Waals surface area contributed by atoms with Crippen LogP contribution >= 0.6 is 0 Å². The molecule has 0 bridgehead atoms. The van der Waals surface area contributed by atoms with Crippen LogP contribution in [0.2, 0.25) is 0 Å². The number of azide groups is 1. The number of carbonyl (C=O) groups is 1. The monoisotopic (exact) mass is 961 g/mol. The Bertz CT molecular complexity index is 1590. The maximum Gasteiger partial charge on any atom is 0.283 e. The van der Waals surface area contributed by atoms with Crippen molar-refractivity contribution in [2.45, 2.75) is 243 Å². The molecule has 388 valence electrons. The van der Waals surface area contributed by atoms with Gasteiger partial charge in [0.15, 0.2) is 0 Å². The van der Waals surface area contributed by atoms with Gasteiger partial charge in [-0.05, 0) is 86.4 Å². The van der Waals surface area contributed by atoms with Crippen LogP contribution < -0.4 is 5.32 Å². The first kappa shape index (κ1) is 60.3. The van der Waals surface area contributed by atoms with E-state index < -0.39 is 48.8 Å². The summed E-state index contributed by atoms with van der Waals surface area (Å²) in [6.07, 6.45) is 21.1. The Kier molecular flexibility index (Phi) is 34.6. The van der Waals surface area contributed by atoms with Crippen LogP contribution in [0.25, 0.3) is 10.4 Å². The molecule has 3 N–H and O–H groups in total. The number of carbonyl (C=O) groups excluding carboxylic acids is 1. The average Bonchev–Trinajstić information content (AvgIpc) is 3.36. The van der Waals surface area contributed by atoms with Crippen LogP contribution in [-0.4, -0.2) is 106 Å². The lowest BCUT2D eigenvalue weighted by molar-refractivity contribution is -0.251. The fraction of sp³-hybridized carbons (Fsp3) is 0.768. The van der Waals surface area contributed by atoms with Crippen LogP contribution in [0, 0.1) is 0 Å². The van der Waals surface area contributed by atoms with Gasteiger partial charge < -0.3 is 39.1 Å². The lowest BCUT2D eigenvalue weighted by atomic mass is 9.89. The van der Waals surface area contributed by atoms with Crippen molar-refractivity contribution >= 4 is 14.0 Å². The van der Waals surface area contributed by atoms with Gasteiger partial charge in [0.25, 0.3) is 8.05 Å². The minimum absolute atomic E-state index is 0.130. The van der Waals surface area contributed by atoms with Crippen molar-refractivity contribution in [1.82, 2.24) is 5.32 Å². The summed E-state index contributed by atoms with van der Waals surface area (Å²) in [5.74, 6) is -0.130. The third-order valence-corrected chi connectivity index (χ3v) is 13.6. The number of amides is 1. The van der Waals surface area contributed by atoms with Crippen molar-refractivity contribution < 1.29 is 38.6 Å². The number of nitrogens with zero attached hydrogens (tertiary/aromatic N) is 3. The highest BCUT2D eigenvalue weighted by molar-refractivity contribution is 5.98. The molecule has 1 fully saturated rings. The minimum Gasteiger partial charge on any atom is -0.440 e.